The molecule has 0 bridgehead atoms. The average molecular weight is 356 g/mol. The minimum atomic E-state index is -0.268. The lowest BCUT2D eigenvalue weighted by molar-refractivity contribution is 0.251. The van der Waals surface area contributed by atoms with Gasteiger partial charge in [-0.3, -0.25) is 18.8 Å². The first-order valence-electron chi connectivity index (χ1n) is 9.34. The smallest absolute Gasteiger partial charge is 0.332 e. The van der Waals surface area contributed by atoms with Crippen LogP contribution < -0.4 is 16.1 Å². The summed E-state index contributed by atoms with van der Waals surface area (Å²) in [4.78, 5) is 28.6. The molecular weight excluding hydrogens is 328 g/mol. The number of benzene rings is 1. The molecule has 6 heteroatoms. The predicted molar refractivity (Wildman–Crippen MR) is 105 cm³/mol. The van der Waals surface area contributed by atoms with Crippen LogP contribution in [-0.4, -0.2) is 46.8 Å². The molecule has 2 aromatic rings. The monoisotopic (exact) mass is 356 g/mol. The molecule has 2 heterocycles. The van der Waals surface area contributed by atoms with E-state index in [1.54, 1.807) is 17.7 Å². The maximum atomic E-state index is 12.1. The van der Waals surface area contributed by atoms with Crippen molar-refractivity contribution in [2.45, 2.75) is 19.3 Å². The highest BCUT2D eigenvalue weighted by Crippen LogP contribution is 2.13. The molecule has 1 aliphatic rings. The van der Waals surface area contributed by atoms with E-state index in [9.17, 15) is 9.59 Å². The van der Waals surface area contributed by atoms with Crippen LogP contribution in [0.5, 0.6) is 0 Å². The Hall–Kier alpha value is -2.34. The van der Waals surface area contributed by atoms with Crippen LogP contribution in [-0.2, 0) is 20.5 Å². The van der Waals surface area contributed by atoms with Crippen molar-refractivity contribution >= 4 is 5.82 Å². The van der Waals surface area contributed by atoms with Gasteiger partial charge in [-0.05, 0) is 31.4 Å². The van der Waals surface area contributed by atoms with Crippen molar-refractivity contribution in [2.24, 2.45) is 14.1 Å². The second kappa shape index (κ2) is 8.36. The first-order valence-corrected chi connectivity index (χ1v) is 9.34. The van der Waals surface area contributed by atoms with Crippen LogP contribution in [0.4, 0.5) is 5.82 Å². The number of aryl methyl sites for hydroxylation is 1. The van der Waals surface area contributed by atoms with Crippen molar-refractivity contribution in [3.8, 4) is 0 Å². The van der Waals surface area contributed by atoms with E-state index in [1.165, 1.54) is 25.5 Å². The molecule has 26 heavy (non-hydrogen) atoms. The highest BCUT2D eigenvalue weighted by molar-refractivity contribution is 5.38. The normalized spacial score (nSPS) is 15.4. The zero-order valence-corrected chi connectivity index (χ0v) is 15.7. The molecule has 3 rings (SSSR count). The zero-order valence-electron chi connectivity index (χ0n) is 15.7. The topological polar surface area (TPSA) is 50.5 Å². The lowest BCUT2D eigenvalue weighted by atomic mass is 10.1. The van der Waals surface area contributed by atoms with Crippen molar-refractivity contribution in [3.05, 3.63) is 62.8 Å². The fourth-order valence-corrected chi connectivity index (χ4v) is 3.53. The molecule has 0 atom stereocenters. The van der Waals surface area contributed by atoms with Crippen LogP contribution in [0.15, 0.2) is 46.0 Å². The van der Waals surface area contributed by atoms with Gasteiger partial charge in [0.1, 0.15) is 5.82 Å². The van der Waals surface area contributed by atoms with E-state index in [4.69, 9.17) is 0 Å². The average Bonchev–Trinajstić information content (AvgIpc) is 2.68. The van der Waals surface area contributed by atoms with E-state index in [0.717, 1.165) is 49.5 Å². The number of hydrogen-bond acceptors (Lipinski definition) is 4. The van der Waals surface area contributed by atoms with Gasteiger partial charge in [0.05, 0.1) is 0 Å². The Bertz CT molecular complexity index is 833. The number of nitrogens with zero attached hydrogens (tertiary/aromatic N) is 4. The fraction of sp³-hybridized carbons (Fsp3) is 0.500. The molecular formula is C20H28N4O2. The molecule has 6 nitrogen and oxygen atoms in total. The highest BCUT2D eigenvalue weighted by atomic mass is 16.2. The summed E-state index contributed by atoms with van der Waals surface area (Å²) in [6.45, 7) is 4.73. The number of rotatable bonds is 6. The highest BCUT2D eigenvalue weighted by Gasteiger charge is 2.19. The van der Waals surface area contributed by atoms with Gasteiger partial charge in [-0.15, -0.1) is 0 Å². The lowest BCUT2D eigenvalue weighted by Gasteiger charge is -2.36. The third kappa shape index (κ3) is 4.25. The van der Waals surface area contributed by atoms with Crippen LogP contribution in [0.1, 0.15) is 18.4 Å². The standard InChI is InChI=1S/C20H28N4O2/c1-21-18(16-19(25)22(2)20(21)26)24-14-12-23(13-15-24)11-7-6-10-17-8-4-3-5-9-17/h3-5,8-9,16H,6-7,10-15H2,1-2H3. The number of aromatic nitrogens is 2. The molecule has 0 saturated carbocycles. The van der Waals surface area contributed by atoms with E-state index < -0.39 is 0 Å². The summed E-state index contributed by atoms with van der Waals surface area (Å²) in [6, 6.07) is 12.2. The second-order valence-electron chi connectivity index (χ2n) is 7.01. The number of hydrogen-bond donors (Lipinski definition) is 0. The number of anilines is 1. The van der Waals surface area contributed by atoms with Crippen LogP contribution in [0.2, 0.25) is 0 Å². The summed E-state index contributed by atoms with van der Waals surface area (Å²) < 4.78 is 2.71. The molecule has 1 aromatic carbocycles. The largest absolute Gasteiger partial charge is 0.355 e. The third-order valence-electron chi connectivity index (χ3n) is 5.23. The summed E-state index contributed by atoms with van der Waals surface area (Å²) in [5, 5.41) is 0. The summed E-state index contributed by atoms with van der Waals surface area (Å²) >= 11 is 0. The molecule has 0 radical (unpaired) electrons. The summed E-state index contributed by atoms with van der Waals surface area (Å²) in [6.07, 6.45) is 3.53. The zero-order chi connectivity index (χ0) is 18.5. The van der Waals surface area contributed by atoms with Gasteiger partial charge in [0.2, 0.25) is 0 Å². The van der Waals surface area contributed by atoms with Gasteiger partial charge in [0.25, 0.3) is 5.56 Å². The molecule has 0 N–H and O–H groups in total. The SMILES string of the molecule is Cn1c(N2CCN(CCCCc3ccccc3)CC2)cc(=O)n(C)c1=O. The Morgan fingerprint density at radius 3 is 2.27 bits per heavy atom. The quantitative estimate of drug-likeness (QED) is 0.731. The van der Waals surface area contributed by atoms with Gasteiger partial charge in [-0.1, -0.05) is 30.3 Å². The van der Waals surface area contributed by atoms with Crippen molar-refractivity contribution in [2.75, 3.05) is 37.6 Å². The minimum Gasteiger partial charge on any atom is -0.355 e. The molecule has 0 aliphatic carbocycles. The van der Waals surface area contributed by atoms with E-state index in [1.807, 2.05) is 0 Å². The Balaban J connectivity index is 1.47. The van der Waals surface area contributed by atoms with Crippen LogP contribution >= 0.6 is 0 Å². The Morgan fingerprint density at radius 1 is 0.885 bits per heavy atom. The maximum Gasteiger partial charge on any atom is 0.332 e. The fourth-order valence-electron chi connectivity index (χ4n) is 3.53. The molecule has 1 fully saturated rings. The lowest BCUT2D eigenvalue weighted by Crippen LogP contribution is -2.49. The van der Waals surface area contributed by atoms with Crippen LogP contribution in [0.25, 0.3) is 0 Å². The van der Waals surface area contributed by atoms with E-state index in [-0.39, 0.29) is 11.2 Å². The maximum absolute atomic E-state index is 12.1. The van der Waals surface area contributed by atoms with Crippen molar-refractivity contribution in [1.82, 2.24) is 14.0 Å². The van der Waals surface area contributed by atoms with E-state index in [0.29, 0.717) is 0 Å². The van der Waals surface area contributed by atoms with Crippen molar-refractivity contribution < 1.29 is 0 Å². The van der Waals surface area contributed by atoms with Gasteiger partial charge in [-0.25, -0.2) is 4.79 Å². The Morgan fingerprint density at radius 2 is 1.58 bits per heavy atom. The molecule has 140 valence electrons. The molecule has 1 saturated heterocycles. The van der Waals surface area contributed by atoms with Crippen LogP contribution in [0, 0.1) is 0 Å². The third-order valence-corrected chi connectivity index (χ3v) is 5.23. The number of unbranched alkanes of at least 4 members (excludes halogenated alkanes) is 1. The first kappa shape index (κ1) is 18.5. The summed E-state index contributed by atoms with van der Waals surface area (Å²) in [5.74, 6) is 0.724. The Kier molecular flexibility index (Phi) is 5.93. The van der Waals surface area contributed by atoms with Gasteiger partial charge >= 0.3 is 5.69 Å². The predicted octanol–water partition coefficient (Wildman–Crippen LogP) is 1.23. The van der Waals surface area contributed by atoms with Gasteiger partial charge in [0, 0.05) is 46.3 Å². The molecule has 1 aromatic heterocycles. The van der Waals surface area contributed by atoms with Crippen molar-refractivity contribution in [3.63, 3.8) is 0 Å². The first-order chi connectivity index (χ1) is 12.6. The molecule has 0 spiro atoms. The van der Waals surface area contributed by atoms with Gasteiger partial charge < -0.3 is 4.90 Å². The van der Waals surface area contributed by atoms with Gasteiger partial charge in [-0.2, -0.15) is 0 Å². The Labute approximate surface area is 154 Å². The molecule has 1 aliphatic heterocycles. The minimum absolute atomic E-state index is 0.244. The second-order valence-corrected chi connectivity index (χ2v) is 7.01. The summed E-state index contributed by atoms with van der Waals surface area (Å²) in [7, 11) is 3.24. The van der Waals surface area contributed by atoms with E-state index >= 15 is 0 Å². The molecule has 0 unspecified atom stereocenters. The van der Waals surface area contributed by atoms with Gasteiger partial charge in [0.15, 0.2) is 0 Å². The number of piperazine rings is 1. The van der Waals surface area contributed by atoms with E-state index in [2.05, 4.69) is 40.1 Å². The van der Waals surface area contributed by atoms with Crippen molar-refractivity contribution in [1.29, 1.82) is 0 Å². The molecule has 0 amide bonds. The summed E-state index contributed by atoms with van der Waals surface area (Å²) in [5.41, 5.74) is 0.895. The van der Waals surface area contributed by atoms with Crippen LogP contribution in [0.3, 0.4) is 0 Å².